The number of nitrogens with zero attached hydrogens (tertiary/aromatic N) is 3. The molecule has 2 saturated heterocycles. The number of hydrogen-bond donors (Lipinski definition) is 1. The molecule has 124 valence electrons. The molecule has 23 heavy (non-hydrogen) atoms. The Hall–Kier alpha value is -1.69. The van der Waals surface area contributed by atoms with Crippen LogP contribution in [0.2, 0.25) is 0 Å². The van der Waals surface area contributed by atoms with E-state index in [2.05, 4.69) is 20.2 Å². The van der Waals surface area contributed by atoms with E-state index in [0.29, 0.717) is 5.92 Å². The second-order valence-corrected chi connectivity index (χ2v) is 7.05. The zero-order chi connectivity index (χ0) is 15.7. The van der Waals surface area contributed by atoms with Crippen LogP contribution in [0, 0.1) is 5.92 Å². The molecule has 2 aliphatic heterocycles. The number of ether oxygens (including phenoxy) is 1. The molecule has 1 aromatic rings. The van der Waals surface area contributed by atoms with Gasteiger partial charge in [-0.05, 0) is 50.5 Å². The van der Waals surface area contributed by atoms with Crippen LogP contribution in [0.1, 0.15) is 38.5 Å². The Labute approximate surface area is 136 Å². The van der Waals surface area contributed by atoms with Crippen LogP contribution in [0.4, 0.5) is 5.95 Å². The van der Waals surface area contributed by atoms with E-state index < -0.39 is 0 Å². The van der Waals surface area contributed by atoms with Crippen LogP contribution < -0.4 is 10.2 Å². The molecule has 0 aromatic carbocycles. The van der Waals surface area contributed by atoms with Gasteiger partial charge in [-0.3, -0.25) is 4.79 Å². The molecule has 1 aliphatic carbocycles. The normalized spacial score (nSPS) is 26.4. The predicted octanol–water partition coefficient (Wildman–Crippen LogP) is 1.52. The Morgan fingerprint density at radius 3 is 2.65 bits per heavy atom. The maximum Gasteiger partial charge on any atom is 0.249 e. The third-order valence-corrected chi connectivity index (χ3v) is 5.32. The first-order valence-corrected chi connectivity index (χ1v) is 8.72. The van der Waals surface area contributed by atoms with Crippen molar-refractivity contribution in [1.82, 2.24) is 15.3 Å². The summed E-state index contributed by atoms with van der Waals surface area (Å²) < 4.78 is 6.21. The molecule has 1 atom stereocenters. The van der Waals surface area contributed by atoms with Gasteiger partial charge in [0.1, 0.15) is 6.10 Å². The van der Waals surface area contributed by atoms with Gasteiger partial charge in [0.15, 0.2) is 0 Å². The van der Waals surface area contributed by atoms with Gasteiger partial charge in [-0.25, -0.2) is 9.97 Å². The smallest absolute Gasteiger partial charge is 0.249 e. The standard InChI is InChI=1S/C17H24N4O2/c22-15(20-12-13-2-3-13)14-4-5-17(23-14)6-10-21(11-7-17)16-18-8-1-9-19-16/h1,8-9,13-14H,2-7,10-12H2,(H,20,22)/t14-/m0/s1. The summed E-state index contributed by atoms with van der Waals surface area (Å²) in [4.78, 5) is 23.1. The summed E-state index contributed by atoms with van der Waals surface area (Å²) in [6.45, 7) is 2.60. The lowest BCUT2D eigenvalue weighted by Crippen LogP contribution is -2.46. The average molecular weight is 316 g/mol. The van der Waals surface area contributed by atoms with Gasteiger partial charge in [0.05, 0.1) is 5.60 Å². The van der Waals surface area contributed by atoms with Crippen LogP contribution in [-0.2, 0) is 9.53 Å². The second kappa shape index (κ2) is 6.07. The molecule has 0 bridgehead atoms. The number of rotatable bonds is 4. The summed E-state index contributed by atoms with van der Waals surface area (Å²) in [5, 5.41) is 3.05. The van der Waals surface area contributed by atoms with Gasteiger partial charge in [-0.2, -0.15) is 0 Å². The minimum Gasteiger partial charge on any atom is -0.362 e. The Morgan fingerprint density at radius 2 is 1.96 bits per heavy atom. The zero-order valence-corrected chi connectivity index (χ0v) is 13.4. The fourth-order valence-electron chi connectivity index (χ4n) is 3.62. The van der Waals surface area contributed by atoms with Gasteiger partial charge in [-0.15, -0.1) is 0 Å². The number of nitrogens with one attached hydrogen (secondary N) is 1. The highest BCUT2D eigenvalue weighted by atomic mass is 16.5. The molecular formula is C17H24N4O2. The van der Waals surface area contributed by atoms with Crippen molar-refractivity contribution >= 4 is 11.9 Å². The van der Waals surface area contributed by atoms with Crippen LogP contribution in [0.15, 0.2) is 18.5 Å². The predicted molar refractivity (Wildman–Crippen MR) is 86.1 cm³/mol. The first-order valence-electron chi connectivity index (χ1n) is 8.72. The van der Waals surface area contributed by atoms with Crippen LogP contribution in [0.3, 0.4) is 0 Å². The fraction of sp³-hybridized carbons (Fsp3) is 0.706. The van der Waals surface area contributed by atoms with E-state index in [1.165, 1.54) is 12.8 Å². The van der Waals surface area contributed by atoms with E-state index >= 15 is 0 Å². The molecule has 1 N–H and O–H groups in total. The molecule has 3 aliphatic rings. The number of piperidine rings is 1. The van der Waals surface area contributed by atoms with Crippen molar-refractivity contribution in [3.8, 4) is 0 Å². The number of carbonyl (C=O) groups is 1. The van der Waals surface area contributed by atoms with Crippen molar-refractivity contribution in [3.63, 3.8) is 0 Å². The highest BCUT2D eigenvalue weighted by Crippen LogP contribution is 2.39. The molecule has 4 rings (SSSR count). The molecule has 1 spiro atoms. The van der Waals surface area contributed by atoms with Crippen LogP contribution in [0.5, 0.6) is 0 Å². The van der Waals surface area contributed by atoms with E-state index in [1.807, 2.05) is 6.07 Å². The minimum atomic E-state index is -0.256. The van der Waals surface area contributed by atoms with Crippen molar-refractivity contribution in [1.29, 1.82) is 0 Å². The zero-order valence-electron chi connectivity index (χ0n) is 13.4. The molecule has 0 radical (unpaired) electrons. The molecule has 3 fully saturated rings. The number of amides is 1. The summed E-state index contributed by atoms with van der Waals surface area (Å²) >= 11 is 0. The Kier molecular flexibility index (Phi) is 3.93. The van der Waals surface area contributed by atoms with E-state index in [9.17, 15) is 4.79 Å². The lowest BCUT2D eigenvalue weighted by molar-refractivity contribution is -0.138. The maximum absolute atomic E-state index is 12.2. The summed E-state index contributed by atoms with van der Waals surface area (Å²) in [7, 11) is 0. The van der Waals surface area contributed by atoms with E-state index in [1.54, 1.807) is 12.4 Å². The highest BCUT2D eigenvalue weighted by Gasteiger charge is 2.45. The first-order chi connectivity index (χ1) is 11.2. The third kappa shape index (κ3) is 3.32. The summed E-state index contributed by atoms with van der Waals surface area (Å²) in [5.74, 6) is 1.59. The molecule has 0 unspecified atom stereocenters. The molecule has 1 saturated carbocycles. The quantitative estimate of drug-likeness (QED) is 0.912. The summed E-state index contributed by atoms with van der Waals surface area (Å²) in [6, 6.07) is 1.83. The van der Waals surface area contributed by atoms with E-state index in [0.717, 1.165) is 51.3 Å². The van der Waals surface area contributed by atoms with Crippen LogP contribution in [0.25, 0.3) is 0 Å². The summed E-state index contributed by atoms with van der Waals surface area (Å²) in [5.41, 5.74) is -0.118. The fourth-order valence-corrected chi connectivity index (χ4v) is 3.62. The number of anilines is 1. The molecule has 3 heterocycles. The van der Waals surface area contributed by atoms with E-state index in [4.69, 9.17) is 4.74 Å². The molecule has 1 aromatic heterocycles. The molecule has 1 amide bonds. The largest absolute Gasteiger partial charge is 0.362 e. The molecule has 6 heteroatoms. The highest BCUT2D eigenvalue weighted by molar-refractivity contribution is 5.81. The number of carbonyl (C=O) groups excluding carboxylic acids is 1. The van der Waals surface area contributed by atoms with Gasteiger partial charge in [0.2, 0.25) is 11.9 Å². The van der Waals surface area contributed by atoms with Crippen molar-refractivity contribution in [2.24, 2.45) is 5.92 Å². The molecular weight excluding hydrogens is 292 g/mol. The Bertz CT molecular complexity index is 553. The van der Waals surface area contributed by atoms with Gasteiger partial charge in [0, 0.05) is 32.0 Å². The summed E-state index contributed by atoms with van der Waals surface area (Å²) in [6.07, 6.45) is 9.53. The van der Waals surface area contributed by atoms with Gasteiger partial charge >= 0.3 is 0 Å². The van der Waals surface area contributed by atoms with E-state index in [-0.39, 0.29) is 17.6 Å². The maximum atomic E-state index is 12.2. The average Bonchev–Trinajstić information content (AvgIpc) is 3.35. The van der Waals surface area contributed by atoms with Gasteiger partial charge in [0.25, 0.3) is 0 Å². The first kappa shape index (κ1) is 14.9. The number of aromatic nitrogens is 2. The number of hydrogen-bond acceptors (Lipinski definition) is 5. The van der Waals surface area contributed by atoms with Crippen LogP contribution >= 0.6 is 0 Å². The Balaban J connectivity index is 1.30. The van der Waals surface area contributed by atoms with Crippen molar-refractivity contribution in [3.05, 3.63) is 18.5 Å². The lowest BCUT2D eigenvalue weighted by Gasteiger charge is -2.39. The third-order valence-electron chi connectivity index (χ3n) is 5.32. The second-order valence-electron chi connectivity index (χ2n) is 7.05. The van der Waals surface area contributed by atoms with Gasteiger partial charge in [-0.1, -0.05) is 0 Å². The van der Waals surface area contributed by atoms with Crippen molar-refractivity contribution < 1.29 is 9.53 Å². The van der Waals surface area contributed by atoms with Crippen molar-refractivity contribution in [2.45, 2.75) is 50.2 Å². The lowest BCUT2D eigenvalue weighted by atomic mass is 9.88. The minimum absolute atomic E-state index is 0.0857. The monoisotopic (exact) mass is 316 g/mol. The molecule has 6 nitrogen and oxygen atoms in total. The SMILES string of the molecule is O=C(NCC1CC1)[C@@H]1CCC2(CCN(c3ncccn3)CC2)O1. The van der Waals surface area contributed by atoms with Gasteiger partial charge < -0.3 is 15.0 Å². The van der Waals surface area contributed by atoms with Crippen LogP contribution in [-0.4, -0.2) is 47.2 Å². The topological polar surface area (TPSA) is 67.4 Å². The van der Waals surface area contributed by atoms with Crippen molar-refractivity contribution in [2.75, 3.05) is 24.5 Å². The Morgan fingerprint density at radius 1 is 1.22 bits per heavy atom.